The van der Waals surface area contributed by atoms with Crippen LogP contribution in [0.5, 0.6) is 0 Å². The van der Waals surface area contributed by atoms with Gasteiger partial charge < -0.3 is 5.11 Å². The molecule has 0 spiro atoms. The summed E-state index contributed by atoms with van der Waals surface area (Å²) in [5.74, 6) is 0. The van der Waals surface area contributed by atoms with Crippen molar-refractivity contribution in [1.82, 2.24) is 0 Å². The van der Waals surface area contributed by atoms with Crippen LogP contribution in [0.4, 0.5) is 13.2 Å². The van der Waals surface area contributed by atoms with Gasteiger partial charge in [0.25, 0.3) is 0 Å². The van der Waals surface area contributed by atoms with Gasteiger partial charge in [-0.25, -0.2) is 0 Å². The molecule has 0 aromatic heterocycles. The van der Waals surface area contributed by atoms with Gasteiger partial charge in [-0.3, -0.25) is 0 Å². The van der Waals surface area contributed by atoms with Gasteiger partial charge in [0.2, 0.25) is 0 Å². The molecule has 0 fully saturated rings. The fourth-order valence-corrected chi connectivity index (χ4v) is 2.47. The maximum atomic E-state index is 12.6. The summed E-state index contributed by atoms with van der Waals surface area (Å²) in [7, 11) is 0. The molecule has 0 saturated carbocycles. The van der Waals surface area contributed by atoms with Crippen LogP contribution >= 0.6 is 23.2 Å². The Kier molecular flexibility index (Phi) is 4.51. The molecule has 0 bridgehead atoms. The van der Waals surface area contributed by atoms with Gasteiger partial charge in [-0.2, -0.15) is 13.2 Å². The van der Waals surface area contributed by atoms with Crippen molar-refractivity contribution in [3.63, 3.8) is 0 Å². The van der Waals surface area contributed by atoms with Crippen LogP contribution in [-0.4, -0.2) is 5.11 Å². The number of aliphatic hydroxyl groups is 1. The number of benzene rings is 2. The average Bonchev–Trinajstić information content (AvgIpc) is 2.40. The Morgan fingerprint density at radius 3 is 2.29 bits per heavy atom. The molecular formula is C15H11Cl2F3O. The van der Waals surface area contributed by atoms with Crippen LogP contribution in [0, 0.1) is 6.92 Å². The van der Waals surface area contributed by atoms with Crippen molar-refractivity contribution < 1.29 is 18.3 Å². The zero-order valence-electron chi connectivity index (χ0n) is 10.9. The maximum absolute atomic E-state index is 12.6. The summed E-state index contributed by atoms with van der Waals surface area (Å²) >= 11 is 11.9. The van der Waals surface area contributed by atoms with Crippen LogP contribution in [0.15, 0.2) is 36.4 Å². The number of aliphatic hydroxyl groups excluding tert-OH is 1. The van der Waals surface area contributed by atoms with E-state index in [9.17, 15) is 18.3 Å². The van der Waals surface area contributed by atoms with Crippen molar-refractivity contribution in [1.29, 1.82) is 0 Å². The third kappa shape index (κ3) is 3.34. The van der Waals surface area contributed by atoms with Gasteiger partial charge in [-0.1, -0.05) is 41.4 Å². The largest absolute Gasteiger partial charge is 0.416 e. The normalized spacial score (nSPS) is 13.3. The van der Waals surface area contributed by atoms with Gasteiger partial charge >= 0.3 is 6.18 Å². The quantitative estimate of drug-likeness (QED) is 0.779. The van der Waals surface area contributed by atoms with Crippen LogP contribution in [-0.2, 0) is 6.18 Å². The first-order valence-electron chi connectivity index (χ1n) is 6.01. The minimum absolute atomic E-state index is 0.186. The van der Waals surface area contributed by atoms with E-state index in [2.05, 4.69) is 0 Å². The molecule has 0 radical (unpaired) electrons. The van der Waals surface area contributed by atoms with E-state index in [0.29, 0.717) is 16.7 Å². The zero-order valence-corrected chi connectivity index (χ0v) is 12.4. The number of rotatable bonds is 2. The second-order valence-electron chi connectivity index (χ2n) is 4.61. The first kappa shape index (κ1) is 16.1. The molecule has 0 aliphatic rings. The molecule has 1 unspecified atom stereocenters. The van der Waals surface area contributed by atoms with Crippen LogP contribution in [0.25, 0.3) is 0 Å². The Morgan fingerprint density at radius 1 is 1.05 bits per heavy atom. The number of alkyl halides is 3. The summed E-state index contributed by atoms with van der Waals surface area (Å²) in [5, 5.41) is 10.8. The summed E-state index contributed by atoms with van der Waals surface area (Å²) in [6.45, 7) is 1.51. The number of hydrogen-bond acceptors (Lipinski definition) is 1. The van der Waals surface area contributed by atoms with Gasteiger partial charge in [-0.15, -0.1) is 0 Å². The third-order valence-corrected chi connectivity index (χ3v) is 4.00. The Bertz CT molecular complexity index is 668. The van der Waals surface area contributed by atoms with E-state index in [0.717, 1.165) is 12.1 Å². The Morgan fingerprint density at radius 2 is 1.71 bits per heavy atom. The Labute approximate surface area is 129 Å². The van der Waals surface area contributed by atoms with Crippen molar-refractivity contribution >= 4 is 23.2 Å². The van der Waals surface area contributed by atoms with Gasteiger partial charge in [0.05, 0.1) is 15.6 Å². The predicted octanol–water partition coefficient (Wildman–Crippen LogP) is 5.40. The molecule has 2 aromatic rings. The van der Waals surface area contributed by atoms with E-state index in [4.69, 9.17) is 23.2 Å². The highest BCUT2D eigenvalue weighted by Gasteiger charge is 2.31. The average molecular weight is 335 g/mol. The summed E-state index contributed by atoms with van der Waals surface area (Å²) in [5.41, 5.74) is 0.278. The van der Waals surface area contributed by atoms with E-state index < -0.39 is 17.8 Å². The molecule has 1 atom stereocenters. The van der Waals surface area contributed by atoms with E-state index in [1.807, 2.05) is 0 Å². The molecule has 21 heavy (non-hydrogen) atoms. The molecule has 1 nitrogen and oxygen atoms in total. The van der Waals surface area contributed by atoms with Crippen molar-refractivity contribution in [2.45, 2.75) is 19.2 Å². The fourth-order valence-electron chi connectivity index (χ4n) is 2.06. The fraction of sp³-hybridized carbons (Fsp3) is 0.200. The topological polar surface area (TPSA) is 20.2 Å². The number of aryl methyl sites for hydroxylation is 1. The van der Waals surface area contributed by atoms with E-state index >= 15 is 0 Å². The molecular weight excluding hydrogens is 324 g/mol. The molecule has 1 N–H and O–H groups in total. The van der Waals surface area contributed by atoms with Gasteiger partial charge in [0.1, 0.15) is 6.10 Å². The van der Waals surface area contributed by atoms with Crippen molar-refractivity contribution in [3.8, 4) is 0 Å². The molecule has 0 aliphatic carbocycles. The van der Waals surface area contributed by atoms with Crippen molar-refractivity contribution in [2.24, 2.45) is 0 Å². The lowest BCUT2D eigenvalue weighted by Gasteiger charge is -2.17. The smallest absolute Gasteiger partial charge is 0.384 e. The van der Waals surface area contributed by atoms with Crippen molar-refractivity contribution in [2.75, 3.05) is 0 Å². The second kappa shape index (κ2) is 5.87. The van der Waals surface area contributed by atoms with Crippen LogP contribution in [0.2, 0.25) is 10.0 Å². The van der Waals surface area contributed by atoms with E-state index in [-0.39, 0.29) is 10.0 Å². The van der Waals surface area contributed by atoms with Crippen LogP contribution < -0.4 is 0 Å². The summed E-state index contributed by atoms with van der Waals surface area (Å²) in [6.07, 6.45) is -5.56. The third-order valence-electron chi connectivity index (χ3n) is 3.17. The van der Waals surface area contributed by atoms with Crippen LogP contribution in [0.3, 0.4) is 0 Å². The molecule has 2 rings (SSSR count). The lowest BCUT2D eigenvalue weighted by molar-refractivity contribution is -0.137. The Balaban J connectivity index is 2.45. The zero-order chi connectivity index (χ0) is 15.8. The molecule has 112 valence electrons. The van der Waals surface area contributed by atoms with Gasteiger partial charge in [0.15, 0.2) is 0 Å². The Hall–Kier alpha value is -1.23. The van der Waals surface area contributed by atoms with E-state index in [1.54, 1.807) is 18.2 Å². The highest BCUT2D eigenvalue weighted by Crippen LogP contribution is 2.36. The summed E-state index contributed by atoms with van der Waals surface area (Å²) in [6, 6.07) is 7.95. The molecule has 2 aromatic carbocycles. The van der Waals surface area contributed by atoms with Gasteiger partial charge in [-0.05, 0) is 36.2 Å². The first-order valence-corrected chi connectivity index (χ1v) is 6.77. The van der Waals surface area contributed by atoms with Crippen molar-refractivity contribution in [3.05, 3.63) is 68.7 Å². The predicted molar refractivity (Wildman–Crippen MR) is 76.7 cm³/mol. The monoisotopic (exact) mass is 334 g/mol. The molecule has 0 aliphatic heterocycles. The first-order chi connectivity index (χ1) is 9.71. The highest BCUT2D eigenvalue weighted by atomic mass is 35.5. The minimum Gasteiger partial charge on any atom is -0.384 e. The second-order valence-corrected chi connectivity index (χ2v) is 5.40. The molecule has 6 heteroatoms. The van der Waals surface area contributed by atoms with E-state index in [1.165, 1.54) is 13.0 Å². The maximum Gasteiger partial charge on any atom is 0.416 e. The highest BCUT2D eigenvalue weighted by molar-refractivity contribution is 6.42. The van der Waals surface area contributed by atoms with Gasteiger partial charge in [0, 0.05) is 5.56 Å². The standard InChI is InChI=1S/C15H11Cl2F3O/c1-8-7-9(15(18,19)20)5-6-10(8)14(21)11-3-2-4-12(16)13(11)17/h2-7,14,21H,1H3. The molecule has 0 heterocycles. The summed E-state index contributed by atoms with van der Waals surface area (Å²) < 4.78 is 37.9. The lowest BCUT2D eigenvalue weighted by atomic mass is 9.96. The van der Waals surface area contributed by atoms with Crippen LogP contribution in [0.1, 0.15) is 28.4 Å². The lowest BCUT2D eigenvalue weighted by Crippen LogP contribution is -2.08. The minimum atomic E-state index is -4.41. The number of hydrogen-bond donors (Lipinski definition) is 1. The molecule has 0 amide bonds. The number of halogens is 5. The molecule has 0 saturated heterocycles. The SMILES string of the molecule is Cc1cc(C(F)(F)F)ccc1C(O)c1cccc(Cl)c1Cl. The summed E-state index contributed by atoms with van der Waals surface area (Å²) in [4.78, 5) is 0.